The van der Waals surface area contributed by atoms with Crippen molar-refractivity contribution in [2.45, 2.75) is 6.92 Å². The van der Waals surface area contributed by atoms with Crippen LogP contribution in [0.25, 0.3) is 16.9 Å². The van der Waals surface area contributed by atoms with Gasteiger partial charge in [0.15, 0.2) is 0 Å². The lowest BCUT2D eigenvalue weighted by Crippen LogP contribution is -2.51. The number of rotatable bonds is 4. The minimum Gasteiger partial charge on any atom is -0.450 e. The van der Waals surface area contributed by atoms with E-state index in [9.17, 15) is 14.0 Å². The minimum absolute atomic E-state index is 0.214. The van der Waals surface area contributed by atoms with Gasteiger partial charge in [0, 0.05) is 36.8 Å². The van der Waals surface area contributed by atoms with Crippen molar-refractivity contribution in [2.24, 2.45) is 0 Å². The van der Waals surface area contributed by atoms with Crippen LogP contribution in [0.1, 0.15) is 17.4 Å². The summed E-state index contributed by atoms with van der Waals surface area (Å²) in [5.74, 6) is -0.562. The quantitative estimate of drug-likeness (QED) is 0.588. The largest absolute Gasteiger partial charge is 0.450 e. The van der Waals surface area contributed by atoms with Crippen LogP contribution in [0.4, 0.5) is 9.18 Å². The van der Waals surface area contributed by atoms with Crippen LogP contribution in [0.5, 0.6) is 0 Å². The van der Waals surface area contributed by atoms with Gasteiger partial charge in [-0.25, -0.2) is 13.9 Å². The number of piperazine rings is 1. The third kappa shape index (κ3) is 4.60. The predicted molar refractivity (Wildman–Crippen MR) is 118 cm³/mol. The number of hydrogen-bond donors (Lipinski definition) is 0. The molecule has 1 aromatic heterocycles. The van der Waals surface area contributed by atoms with Crippen LogP contribution in [0.2, 0.25) is 5.02 Å². The van der Waals surface area contributed by atoms with Crippen LogP contribution in [0, 0.1) is 5.82 Å². The molecule has 9 heteroatoms. The molecule has 1 fully saturated rings. The summed E-state index contributed by atoms with van der Waals surface area (Å²) < 4.78 is 20.0. The first-order chi connectivity index (χ1) is 15.5. The molecule has 0 saturated carbocycles. The number of carbonyl (C=O) groups excluding carboxylic acids is 2. The maximum Gasteiger partial charge on any atom is 0.409 e. The predicted octanol–water partition coefficient (Wildman–Crippen LogP) is 4.25. The van der Waals surface area contributed by atoms with Gasteiger partial charge in [-0.3, -0.25) is 4.79 Å². The van der Waals surface area contributed by atoms with E-state index >= 15 is 0 Å². The van der Waals surface area contributed by atoms with E-state index in [1.54, 1.807) is 57.8 Å². The Balaban J connectivity index is 1.64. The Kier molecular flexibility index (Phi) is 6.41. The van der Waals surface area contributed by atoms with Crippen LogP contribution < -0.4 is 0 Å². The molecule has 166 valence electrons. The number of carbonyl (C=O) groups is 2. The van der Waals surface area contributed by atoms with Crippen LogP contribution in [-0.4, -0.2) is 64.4 Å². The van der Waals surface area contributed by atoms with E-state index in [0.29, 0.717) is 60.4 Å². The van der Waals surface area contributed by atoms with Gasteiger partial charge < -0.3 is 14.5 Å². The summed E-state index contributed by atoms with van der Waals surface area (Å²) >= 11 is 6.16. The van der Waals surface area contributed by atoms with Gasteiger partial charge in [0.1, 0.15) is 11.5 Å². The molecule has 0 atom stereocenters. The zero-order valence-electron chi connectivity index (χ0n) is 17.5. The van der Waals surface area contributed by atoms with E-state index in [1.807, 2.05) is 6.07 Å². The van der Waals surface area contributed by atoms with Gasteiger partial charge in [-0.2, -0.15) is 5.10 Å². The highest BCUT2D eigenvalue weighted by atomic mass is 35.5. The summed E-state index contributed by atoms with van der Waals surface area (Å²) in [4.78, 5) is 28.6. The van der Waals surface area contributed by atoms with Crippen molar-refractivity contribution in [3.05, 3.63) is 71.1 Å². The van der Waals surface area contributed by atoms with Gasteiger partial charge in [-0.05, 0) is 55.5 Å². The average molecular weight is 457 g/mol. The molecule has 0 unspecified atom stereocenters. The van der Waals surface area contributed by atoms with Gasteiger partial charge in [0.2, 0.25) is 0 Å². The molecule has 0 N–H and O–H groups in total. The van der Waals surface area contributed by atoms with Gasteiger partial charge >= 0.3 is 6.09 Å². The third-order valence-electron chi connectivity index (χ3n) is 5.21. The number of hydrogen-bond acceptors (Lipinski definition) is 4. The molecule has 2 aromatic carbocycles. The maximum absolute atomic E-state index is 13.4. The zero-order chi connectivity index (χ0) is 22.7. The highest BCUT2D eigenvalue weighted by molar-refractivity contribution is 6.30. The molecule has 4 rings (SSSR count). The third-order valence-corrected chi connectivity index (χ3v) is 5.45. The van der Waals surface area contributed by atoms with E-state index in [1.165, 1.54) is 12.1 Å². The SMILES string of the molecule is CCOC(=O)N1CCN(C(=O)c2cc(-c3ccc(F)cc3)nn2-c2cccc(Cl)c2)CC1. The molecule has 0 bridgehead atoms. The highest BCUT2D eigenvalue weighted by Crippen LogP contribution is 2.25. The Bertz CT molecular complexity index is 1120. The minimum atomic E-state index is -0.373. The zero-order valence-corrected chi connectivity index (χ0v) is 18.3. The Morgan fingerprint density at radius 3 is 2.38 bits per heavy atom. The number of ether oxygens (including phenoxy) is 1. The summed E-state index contributed by atoms with van der Waals surface area (Å²) in [6, 6.07) is 14.7. The number of amides is 2. The van der Waals surface area contributed by atoms with Gasteiger partial charge in [0.25, 0.3) is 5.91 Å². The van der Waals surface area contributed by atoms with Crippen LogP contribution in [-0.2, 0) is 4.74 Å². The van der Waals surface area contributed by atoms with Crippen LogP contribution in [0.3, 0.4) is 0 Å². The van der Waals surface area contributed by atoms with Crippen molar-refractivity contribution < 1.29 is 18.7 Å². The molecular weight excluding hydrogens is 435 g/mol. The normalized spacial score (nSPS) is 13.8. The van der Waals surface area contributed by atoms with Crippen molar-refractivity contribution in [3.63, 3.8) is 0 Å². The molecule has 3 aromatic rings. The van der Waals surface area contributed by atoms with Gasteiger partial charge in [-0.15, -0.1) is 0 Å². The number of halogens is 2. The highest BCUT2D eigenvalue weighted by Gasteiger charge is 2.28. The fraction of sp³-hybridized carbons (Fsp3) is 0.261. The first-order valence-corrected chi connectivity index (χ1v) is 10.7. The lowest BCUT2D eigenvalue weighted by Gasteiger charge is -2.34. The van der Waals surface area contributed by atoms with Crippen molar-refractivity contribution in [2.75, 3.05) is 32.8 Å². The van der Waals surface area contributed by atoms with Crippen molar-refractivity contribution in [1.29, 1.82) is 0 Å². The van der Waals surface area contributed by atoms with E-state index in [4.69, 9.17) is 16.3 Å². The topological polar surface area (TPSA) is 67.7 Å². The van der Waals surface area contributed by atoms with Crippen molar-refractivity contribution in [1.82, 2.24) is 19.6 Å². The van der Waals surface area contributed by atoms with E-state index in [2.05, 4.69) is 5.10 Å². The molecule has 1 aliphatic heterocycles. The Morgan fingerprint density at radius 1 is 1.03 bits per heavy atom. The summed E-state index contributed by atoms with van der Waals surface area (Å²) in [5.41, 5.74) is 2.22. The Morgan fingerprint density at radius 2 is 1.72 bits per heavy atom. The molecule has 2 heterocycles. The van der Waals surface area contributed by atoms with Crippen LogP contribution in [0.15, 0.2) is 54.6 Å². The summed E-state index contributed by atoms with van der Waals surface area (Å²) in [5, 5.41) is 5.12. The molecule has 2 amide bonds. The fourth-order valence-electron chi connectivity index (χ4n) is 3.57. The molecule has 0 aliphatic carbocycles. The molecule has 1 saturated heterocycles. The Labute approximate surface area is 189 Å². The molecule has 0 spiro atoms. The molecule has 7 nitrogen and oxygen atoms in total. The van der Waals surface area contributed by atoms with E-state index in [0.717, 1.165) is 0 Å². The summed E-state index contributed by atoms with van der Waals surface area (Å²) in [6.07, 6.45) is -0.373. The standard InChI is InChI=1S/C23H22ClFN4O3/c1-2-32-23(31)28-12-10-27(11-13-28)22(30)21-15-20(16-6-8-18(25)9-7-16)26-29(21)19-5-3-4-17(24)14-19/h3-9,14-15H,2,10-13H2,1H3. The second-order valence-electron chi connectivity index (χ2n) is 7.29. The number of benzene rings is 2. The maximum atomic E-state index is 13.4. The first-order valence-electron chi connectivity index (χ1n) is 10.3. The van der Waals surface area contributed by atoms with Gasteiger partial charge in [-0.1, -0.05) is 17.7 Å². The average Bonchev–Trinajstić information content (AvgIpc) is 3.25. The fourth-order valence-corrected chi connectivity index (χ4v) is 3.75. The van der Waals surface area contributed by atoms with Gasteiger partial charge in [0.05, 0.1) is 18.0 Å². The molecule has 1 aliphatic rings. The Hall–Kier alpha value is -3.39. The van der Waals surface area contributed by atoms with Crippen LogP contribution >= 0.6 is 11.6 Å². The summed E-state index contributed by atoms with van der Waals surface area (Å²) in [6.45, 7) is 3.60. The lowest BCUT2D eigenvalue weighted by molar-refractivity contribution is 0.0563. The smallest absolute Gasteiger partial charge is 0.409 e. The summed E-state index contributed by atoms with van der Waals surface area (Å²) in [7, 11) is 0. The second kappa shape index (κ2) is 9.40. The van der Waals surface area contributed by atoms with E-state index < -0.39 is 0 Å². The van der Waals surface area contributed by atoms with Crippen molar-refractivity contribution in [3.8, 4) is 16.9 Å². The second-order valence-corrected chi connectivity index (χ2v) is 7.73. The number of nitrogens with zero attached hydrogens (tertiary/aromatic N) is 4. The lowest BCUT2D eigenvalue weighted by atomic mass is 10.1. The molecular formula is C23H22ClFN4O3. The molecule has 0 radical (unpaired) electrons. The number of aromatic nitrogens is 2. The first kappa shape index (κ1) is 21.8. The molecule has 32 heavy (non-hydrogen) atoms. The monoisotopic (exact) mass is 456 g/mol. The van der Waals surface area contributed by atoms with E-state index in [-0.39, 0.29) is 17.8 Å². The van der Waals surface area contributed by atoms with Crippen molar-refractivity contribution >= 4 is 23.6 Å².